The van der Waals surface area contributed by atoms with Gasteiger partial charge in [-0.3, -0.25) is 0 Å². The van der Waals surface area contributed by atoms with Crippen LogP contribution in [0.25, 0.3) is 0 Å². The van der Waals surface area contributed by atoms with Gasteiger partial charge in [-0.25, -0.2) is 13.2 Å². The van der Waals surface area contributed by atoms with Crippen molar-refractivity contribution >= 4 is 0 Å². The first kappa shape index (κ1) is 12.5. The molecule has 8 heteroatoms. The fraction of sp³-hybridized carbons (Fsp3) is 0.300. The van der Waals surface area contributed by atoms with E-state index in [4.69, 9.17) is 5.73 Å². The van der Waals surface area contributed by atoms with Gasteiger partial charge in [-0.1, -0.05) is 0 Å². The summed E-state index contributed by atoms with van der Waals surface area (Å²) in [6.07, 6.45) is 0.00725. The third kappa shape index (κ3) is 2.48. The highest BCUT2D eigenvalue weighted by atomic mass is 19.1. The second-order valence-electron chi connectivity index (χ2n) is 3.79. The maximum absolute atomic E-state index is 13.4. The lowest BCUT2D eigenvalue weighted by molar-refractivity contribution is 0.498. The second-order valence-corrected chi connectivity index (χ2v) is 3.79. The van der Waals surface area contributed by atoms with E-state index in [1.54, 1.807) is 7.05 Å². The Kier molecular flexibility index (Phi) is 3.28. The zero-order valence-corrected chi connectivity index (χ0v) is 9.44. The van der Waals surface area contributed by atoms with Crippen LogP contribution in [0, 0.1) is 17.5 Å². The Labute approximate surface area is 100 Å². The summed E-state index contributed by atoms with van der Waals surface area (Å²) in [4.78, 5) is 1.21. The largest absolute Gasteiger partial charge is 0.323 e. The van der Waals surface area contributed by atoms with Crippen molar-refractivity contribution in [3.63, 3.8) is 0 Å². The molecule has 1 heterocycles. The van der Waals surface area contributed by atoms with Crippen LogP contribution in [0.1, 0.15) is 17.4 Å². The molecule has 0 aliphatic heterocycles. The maximum atomic E-state index is 13.4. The second kappa shape index (κ2) is 4.73. The molecule has 1 atom stereocenters. The van der Waals surface area contributed by atoms with Crippen molar-refractivity contribution in [1.29, 1.82) is 0 Å². The molecule has 0 aliphatic rings. The van der Waals surface area contributed by atoms with Gasteiger partial charge in [0.1, 0.15) is 17.5 Å². The third-order valence-corrected chi connectivity index (χ3v) is 2.37. The highest BCUT2D eigenvalue weighted by molar-refractivity contribution is 5.24. The minimum absolute atomic E-state index is 0.00725. The summed E-state index contributed by atoms with van der Waals surface area (Å²) in [5, 5.41) is 11.1. The number of nitrogens with two attached hydrogens (primary N) is 1. The molecule has 0 spiro atoms. The normalized spacial score (nSPS) is 12.7. The molecule has 0 aliphatic carbocycles. The monoisotopic (exact) mass is 257 g/mol. The Bertz CT molecular complexity index is 545. The summed E-state index contributed by atoms with van der Waals surface area (Å²) in [5.41, 5.74) is 5.28. The lowest BCUT2D eigenvalue weighted by Gasteiger charge is -2.11. The fourth-order valence-electron chi connectivity index (χ4n) is 1.61. The van der Waals surface area contributed by atoms with Crippen LogP contribution in [0.15, 0.2) is 12.1 Å². The van der Waals surface area contributed by atoms with Crippen LogP contribution < -0.4 is 5.73 Å². The van der Waals surface area contributed by atoms with Crippen molar-refractivity contribution in [3.05, 3.63) is 41.0 Å². The first-order valence-electron chi connectivity index (χ1n) is 5.10. The quantitative estimate of drug-likeness (QED) is 0.885. The molecule has 0 saturated heterocycles. The minimum atomic E-state index is -1.02. The molecular formula is C10H10F3N5. The highest BCUT2D eigenvalue weighted by Gasteiger charge is 2.20. The number of rotatable bonds is 3. The van der Waals surface area contributed by atoms with Gasteiger partial charge in [-0.05, 0) is 5.21 Å². The predicted octanol–water partition coefficient (Wildman–Crippen LogP) is 0.870. The fourth-order valence-corrected chi connectivity index (χ4v) is 1.61. The van der Waals surface area contributed by atoms with Crippen molar-refractivity contribution < 1.29 is 13.2 Å². The number of tetrazole rings is 1. The van der Waals surface area contributed by atoms with Crippen LogP contribution >= 0.6 is 0 Å². The third-order valence-electron chi connectivity index (χ3n) is 2.37. The molecule has 2 aromatic rings. The van der Waals surface area contributed by atoms with Crippen LogP contribution in [0.3, 0.4) is 0 Å². The van der Waals surface area contributed by atoms with Gasteiger partial charge in [-0.15, -0.1) is 10.2 Å². The first-order chi connectivity index (χ1) is 8.47. The van der Waals surface area contributed by atoms with E-state index in [2.05, 4.69) is 15.4 Å². The molecular weight excluding hydrogens is 247 g/mol. The number of benzene rings is 1. The predicted molar refractivity (Wildman–Crippen MR) is 55.7 cm³/mol. The van der Waals surface area contributed by atoms with Gasteiger partial charge in [-0.2, -0.15) is 4.80 Å². The number of aryl methyl sites for hydroxylation is 1. The van der Waals surface area contributed by atoms with E-state index in [0.717, 1.165) is 0 Å². The Morgan fingerprint density at radius 3 is 2.39 bits per heavy atom. The van der Waals surface area contributed by atoms with Crippen molar-refractivity contribution in [2.24, 2.45) is 12.8 Å². The number of aromatic nitrogens is 4. The summed E-state index contributed by atoms with van der Waals surface area (Å²) in [6, 6.07) is 0.167. The van der Waals surface area contributed by atoms with E-state index in [9.17, 15) is 13.2 Å². The SMILES string of the molecule is Cn1nnc(CC(N)c2c(F)cc(F)cc2F)n1. The van der Waals surface area contributed by atoms with Gasteiger partial charge in [0.25, 0.3) is 0 Å². The summed E-state index contributed by atoms with van der Waals surface area (Å²) < 4.78 is 39.6. The average Bonchev–Trinajstić information content (AvgIpc) is 2.62. The lowest BCUT2D eigenvalue weighted by atomic mass is 10.0. The van der Waals surface area contributed by atoms with Gasteiger partial charge in [0.05, 0.1) is 7.05 Å². The van der Waals surface area contributed by atoms with Gasteiger partial charge in [0.2, 0.25) is 0 Å². The maximum Gasteiger partial charge on any atom is 0.176 e. The van der Waals surface area contributed by atoms with E-state index in [0.29, 0.717) is 12.1 Å². The standard InChI is InChI=1S/C10H10F3N5/c1-18-16-9(15-17-18)4-8(14)10-6(12)2-5(11)3-7(10)13/h2-3,8H,4,14H2,1H3. The zero-order chi connectivity index (χ0) is 13.3. The molecule has 18 heavy (non-hydrogen) atoms. The molecule has 2 rings (SSSR count). The molecule has 0 saturated carbocycles. The Morgan fingerprint density at radius 2 is 1.89 bits per heavy atom. The smallest absolute Gasteiger partial charge is 0.176 e. The number of nitrogens with zero attached hydrogens (tertiary/aromatic N) is 4. The average molecular weight is 257 g/mol. The molecule has 1 aromatic carbocycles. The van der Waals surface area contributed by atoms with E-state index in [1.807, 2.05) is 0 Å². The summed E-state index contributed by atoms with van der Waals surface area (Å²) in [5.74, 6) is -2.78. The molecule has 2 N–H and O–H groups in total. The lowest BCUT2D eigenvalue weighted by Crippen LogP contribution is -2.18. The molecule has 0 bridgehead atoms. The number of hydrogen-bond acceptors (Lipinski definition) is 4. The van der Waals surface area contributed by atoms with Crippen LogP contribution in [-0.2, 0) is 13.5 Å². The van der Waals surface area contributed by atoms with E-state index in [1.165, 1.54) is 4.80 Å². The van der Waals surface area contributed by atoms with Gasteiger partial charge in [0.15, 0.2) is 5.82 Å². The zero-order valence-electron chi connectivity index (χ0n) is 9.44. The van der Waals surface area contributed by atoms with Crippen molar-refractivity contribution in [3.8, 4) is 0 Å². The summed E-state index contributed by atoms with van der Waals surface area (Å²) in [7, 11) is 1.56. The number of halogens is 3. The van der Waals surface area contributed by atoms with E-state index in [-0.39, 0.29) is 17.8 Å². The summed E-state index contributed by atoms with van der Waals surface area (Å²) in [6.45, 7) is 0. The Balaban J connectivity index is 2.26. The van der Waals surface area contributed by atoms with Crippen LogP contribution in [0.5, 0.6) is 0 Å². The molecule has 96 valence electrons. The van der Waals surface area contributed by atoms with Crippen LogP contribution in [0.4, 0.5) is 13.2 Å². The van der Waals surface area contributed by atoms with Crippen molar-refractivity contribution in [2.45, 2.75) is 12.5 Å². The molecule has 1 aromatic heterocycles. The highest BCUT2D eigenvalue weighted by Crippen LogP contribution is 2.22. The minimum Gasteiger partial charge on any atom is -0.323 e. The van der Waals surface area contributed by atoms with Gasteiger partial charge < -0.3 is 5.73 Å². The topological polar surface area (TPSA) is 69.6 Å². The molecule has 1 unspecified atom stereocenters. The Hall–Kier alpha value is -1.96. The number of hydrogen-bond donors (Lipinski definition) is 1. The van der Waals surface area contributed by atoms with E-state index < -0.39 is 23.5 Å². The van der Waals surface area contributed by atoms with Gasteiger partial charge >= 0.3 is 0 Å². The van der Waals surface area contributed by atoms with Gasteiger partial charge in [0, 0.05) is 30.2 Å². The van der Waals surface area contributed by atoms with Crippen molar-refractivity contribution in [1.82, 2.24) is 20.2 Å². The van der Waals surface area contributed by atoms with Crippen LogP contribution in [0.2, 0.25) is 0 Å². The molecule has 0 radical (unpaired) electrons. The van der Waals surface area contributed by atoms with Crippen LogP contribution in [-0.4, -0.2) is 20.2 Å². The molecule has 0 amide bonds. The van der Waals surface area contributed by atoms with Crippen molar-refractivity contribution in [2.75, 3.05) is 0 Å². The molecule has 5 nitrogen and oxygen atoms in total. The summed E-state index contributed by atoms with van der Waals surface area (Å²) >= 11 is 0. The first-order valence-corrected chi connectivity index (χ1v) is 5.10. The molecule has 0 fully saturated rings. The Morgan fingerprint density at radius 1 is 1.28 bits per heavy atom. The van der Waals surface area contributed by atoms with E-state index >= 15 is 0 Å².